The molecule has 1 saturated heterocycles. The number of hydrogen-bond donors (Lipinski definition) is 0. The van der Waals surface area contributed by atoms with E-state index in [0.29, 0.717) is 28.2 Å². The van der Waals surface area contributed by atoms with Gasteiger partial charge in [0.2, 0.25) is 5.88 Å². The van der Waals surface area contributed by atoms with Crippen LogP contribution >= 0.6 is 34.8 Å². The monoisotopic (exact) mass is 529 g/mol. The van der Waals surface area contributed by atoms with Crippen molar-refractivity contribution in [2.45, 2.75) is 25.1 Å². The number of benzene rings is 1. The summed E-state index contributed by atoms with van der Waals surface area (Å²) in [6, 6.07) is 11.7. The Bertz CT molecular complexity index is 1130. The molecule has 4 rings (SSSR count). The molecule has 2 unspecified atom stereocenters. The smallest absolute Gasteiger partial charge is 0.417 e. The third-order valence-electron chi connectivity index (χ3n) is 5.89. The maximum absolute atomic E-state index is 12.7. The summed E-state index contributed by atoms with van der Waals surface area (Å²) in [6.07, 6.45) is -1.26. The molecule has 3 heterocycles. The molecule has 2 atom stereocenters. The highest BCUT2D eigenvalue weighted by Gasteiger charge is 2.34. The van der Waals surface area contributed by atoms with Gasteiger partial charge in [0.05, 0.1) is 22.2 Å². The minimum Gasteiger partial charge on any atom is -0.478 e. The number of ether oxygens (including phenoxy) is 1. The SMILES string of the molecule is FC(F)(F)c1ccc(OCCC2CN(Cc3ccnc(Cl)c3)CC2c2ccc(Cl)c(Cl)c2)nc1. The van der Waals surface area contributed by atoms with Gasteiger partial charge in [0.1, 0.15) is 5.15 Å². The number of aromatic nitrogens is 2. The second-order valence-corrected chi connectivity index (χ2v) is 9.44. The fraction of sp³-hybridized carbons (Fsp3) is 0.333. The average Bonchev–Trinajstić information content (AvgIpc) is 3.18. The van der Waals surface area contributed by atoms with E-state index in [4.69, 9.17) is 39.5 Å². The van der Waals surface area contributed by atoms with Crippen LogP contribution in [0.5, 0.6) is 5.88 Å². The molecule has 180 valence electrons. The van der Waals surface area contributed by atoms with Crippen molar-refractivity contribution in [3.63, 3.8) is 0 Å². The van der Waals surface area contributed by atoms with Crippen LogP contribution in [0.15, 0.2) is 54.9 Å². The van der Waals surface area contributed by atoms with Gasteiger partial charge in [0.25, 0.3) is 0 Å². The highest BCUT2D eigenvalue weighted by molar-refractivity contribution is 6.42. The number of alkyl halides is 3. The lowest BCUT2D eigenvalue weighted by molar-refractivity contribution is -0.137. The van der Waals surface area contributed by atoms with Crippen molar-refractivity contribution in [2.75, 3.05) is 19.7 Å². The molecule has 1 aromatic carbocycles. The molecule has 3 aromatic rings. The molecule has 2 aromatic heterocycles. The fourth-order valence-electron chi connectivity index (χ4n) is 4.25. The van der Waals surface area contributed by atoms with Crippen LogP contribution in [-0.4, -0.2) is 34.6 Å². The summed E-state index contributed by atoms with van der Waals surface area (Å²) in [5, 5.41) is 1.45. The average molecular weight is 531 g/mol. The van der Waals surface area contributed by atoms with E-state index in [1.54, 1.807) is 12.3 Å². The first-order valence-corrected chi connectivity index (χ1v) is 11.8. The second kappa shape index (κ2) is 10.7. The number of hydrogen-bond acceptors (Lipinski definition) is 4. The summed E-state index contributed by atoms with van der Waals surface area (Å²) >= 11 is 18.4. The van der Waals surface area contributed by atoms with Crippen LogP contribution in [0.3, 0.4) is 0 Å². The van der Waals surface area contributed by atoms with Crippen LogP contribution in [0.2, 0.25) is 15.2 Å². The van der Waals surface area contributed by atoms with Gasteiger partial charge in [-0.1, -0.05) is 40.9 Å². The standard InChI is InChI=1S/C24H21Cl3F3N3O/c25-20-3-1-16(10-21(20)26)19-14-33(12-15-5-7-31-22(27)9-15)13-17(19)6-8-34-23-4-2-18(11-32-23)24(28,29)30/h1-5,7,9-11,17,19H,6,8,12-14H2. The van der Waals surface area contributed by atoms with E-state index < -0.39 is 11.7 Å². The molecule has 0 bridgehead atoms. The molecular formula is C24H21Cl3F3N3O. The zero-order chi connectivity index (χ0) is 24.3. The van der Waals surface area contributed by atoms with E-state index in [1.165, 1.54) is 6.07 Å². The van der Waals surface area contributed by atoms with E-state index in [1.807, 2.05) is 24.3 Å². The molecule has 4 nitrogen and oxygen atoms in total. The van der Waals surface area contributed by atoms with Gasteiger partial charge in [-0.15, -0.1) is 0 Å². The van der Waals surface area contributed by atoms with Gasteiger partial charge in [0.15, 0.2) is 0 Å². The van der Waals surface area contributed by atoms with Crippen molar-refractivity contribution in [2.24, 2.45) is 5.92 Å². The Morgan fingerprint density at radius 3 is 2.47 bits per heavy atom. The minimum atomic E-state index is -4.43. The summed E-state index contributed by atoms with van der Waals surface area (Å²) in [7, 11) is 0. The zero-order valence-electron chi connectivity index (χ0n) is 17.9. The van der Waals surface area contributed by atoms with Crippen LogP contribution in [0.25, 0.3) is 0 Å². The van der Waals surface area contributed by atoms with Crippen LogP contribution < -0.4 is 4.74 Å². The maximum atomic E-state index is 12.7. The Labute approximate surface area is 210 Å². The first kappa shape index (κ1) is 25.0. The number of nitrogens with zero attached hydrogens (tertiary/aromatic N) is 3. The number of likely N-dealkylation sites (tertiary alicyclic amines) is 1. The molecule has 0 aliphatic carbocycles. The van der Waals surface area contributed by atoms with Gasteiger partial charge < -0.3 is 4.74 Å². The van der Waals surface area contributed by atoms with E-state index in [2.05, 4.69) is 14.9 Å². The summed E-state index contributed by atoms with van der Waals surface area (Å²) < 4.78 is 43.9. The molecule has 0 amide bonds. The van der Waals surface area contributed by atoms with E-state index in [-0.39, 0.29) is 17.7 Å². The van der Waals surface area contributed by atoms with Crippen molar-refractivity contribution in [1.82, 2.24) is 14.9 Å². The Morgan fingerprint density at radius 1 is 0.971 bits per heavy atom. The quantitative estimate of drug-likeness (QED) is 0.304. The van der Waals surface area contributed by atoms with Crippen LogP contribution in [0.1, 0.15) is 29.0 Å². The molecule has 0 spiro atoms. The van der Waals surface area contributed by atoms with E-state index in [0.717, 1.165) is 43.0 Å². The van der Waals surface area contributed by atoms with Crippen molar-refractivity contribution < 1.29 is 17.9 Å². The van der Waals surface area contributed by atoms with Crippen molar-refractivity contribution in [3.8, 4) is 5.88 Å². The van der Waals surface area contributed by atoms with E-state index in [9.17, 15) is 13.2 Å². The molecule has 0 saturated carbocycles. The molecule has 34 heavy (non-hydrogen) atoms. The Kier molecular flexibility index (Phi) is 7.87. The molecule has 1 fully saturated rings. The normalized spacial score (nSPS) is 18.9. The lowest BCUT2D eigenvalue weighted by atomic mass is 9.87. The van der Waals surface area contributed by atoms with Crippen molar-refractivity contribution >= 4 is 34.8 Å². The van der Waals surface area contributed by atoms with Gasteiger partial charge in [-0.2, -0.15) is 13.2 Å². The highest BCUT2D eigenvalue weighted by atomic mass is 35.5. The van der Waals surface area contributed by atoms with Crippen molar-refractivity contribution in [3.05, 3.63) is 86.7 Å². The zero-order valence-corrected chi connectivity index (χ0v) is 20.2. The Morgan fingerprint density at radius 2 is 1.79 bits per heavy atom. The summed E-state index contributed by atoms with van der Waals surface area (Å²) in [5.41, 5.74) is 1.35. The molecule has 0 radical (unpaired) electrons. The predicted octanol–water partition coefficient (Wildman–Crippen LogP) is 7.14. The maximum Gasteiger partial charge on any atom is 0.417 e. The lowest BCUT2D eigenvalue weighted by Crippen LogP contribution is -2.20. The topological polar surface area (TPSA) is 38.2 Å². The first-order chi connectivity index (χ1) is 16.2. The van der Waals surface area contributed by atoms with Crippen LogP contribution in [0.4, 0.5) is 13.2 Å². The highest BCUT2D eigenvalue weighted by Crippen LogP contribution is 2.38. The largest absolute Gasteiger partial charge is 0.478 e. The van der Waals surface area contributed by atoms with E-state index >= 15 is 0 Å². The summed E-state index contributed by atoms with van der Waals surface area (Å²) in [5.74, 6) is 0.598. The van der Waals surface area contributed by atoms with Crippen molar-refractivity contribution in [1.29, 1.82) is 0 Å². The van der Waals surface area contributed by atoms with Crippen LogP contribution in [0, 0.1) is 5.92 Å². The number of rotatable bonds is 7. The Balaban J connectivity index is 1.44. The minimum absolute atomic E-state index is 0.167. The molecule has 1 aliphatic rings. The molecule has 10 heteroatoms. The van der Waals surface area contributed by atoms with Gasteiger partial charge >= 0.3 is 6.18 Å². The number of pyridine rings is 2. The third-order valence-corrected chi connectivity index (χ3v) is 6.83. The summed E-state index contributed by atoms with van der Waals surface area (Å²) in [4.78, 5) is 10.1. The Hall–Kier alpha value is -2.06. The predicted molar refractivity (Wildman–Crippen MR) is 127 cm³/mol. The molecule has 0 N–H and O–H groups in total. The van der Waals surface area contributed by atoms with Gasteiger partial charge in [-0.25, -0.2) is 9.97 Å². The molecular weight excluding hydrogens is 510 g/mol. The first-order valence-electron chi connectivity index (χ1n) is 10.6. The second-order valence-electron chi connectivity index (χ2n) is 8.24. The lowest BCUT2D eigenvalue weighted by Gasteiger charge is -2.19. The fourth-order valence-corrected chi connectivity index (χ4v) is 4.75. The van der Waals surface area contributed by atoms with Gasteiger partial charge in [0, 0.05) is 44.0 Å². The number of halogens is 6. The van der Waals surface area contributed by atoms with Gasteiger partial charge in [-0.05, 0) is 53.8 Å². The van der Waals surface area contributed by atoms with Gasteiger partial charge in [-0.3, -0.25) is 4.90 Å². The molecule has 1 aliphatic heterocycles. The third kappa shape index (κ3) is 6.33. The summed E-state index contributed by atoms with van der Waals surface area (Å²) in [6.45, 7) is 2.67. The van der Waals surface area contributed by atoms with Crippen LogP contribution in [-0.2, 0) is 12.7 Å².